The van der Waals surface area contributed by atoms with E-state index in [1.165, 1.54) is 11.3 Å². The highest BCUT2D eigenvalue weighted by Gasteiger charge is 2.30. The van der Waals surface area contributed by atoms with Crippen molar-refractivity contribution in [3.8, 4) is 0 Å². The average molecular weight is 302 g/mol. The molecule has 0 aliphatic carbocycles. The summed E-state index contributed by atoms with van der Waals surface area (Å²) in [5.41, 5.74) is 1.40. The van der Waals surface area contributed by atoms with Gasteiger partial charge in [-0.05, 0) is 19.4 Å². The normalized spacial score (nSPS) is 12.2. The third kappa shape index (κ3) is 3.50. The van der Waals surface area contributed by atoms with Gasteiger partial charge in [0, 0.05) is 10.8 Å². The summed E-state index contributed by atoms with van der Waals surface area (Å²) < 4.78 is 0. The Morgan fingerprint density at radius 2 is 1.71 bits per heavy atom. The van der Waals surface area contributed by atoms with E-state index in [9.17, 15) is 4.79 Å². The lowest BCUT2D eigenvalue weighted by molar-refractivity contribution is -0.120. The molecule has 1 N–H and O–H groups in total. The van der Waals surface area contributed by atoms with Crippen molar-refractivity contribution in [3.63, 3.8) is 0 Å². The average Bonchev–Trinajstić information content (AvgIpc) is 2.88. The molecule has 4 heteroatoms. The van der Waals surface area contributed by atoms with Gasteiger partial charge >= 0.3 is 0 Å². The van der Waals surface area contributed by atoms with E-state index < -0.39 is 5.41 Å². The van der Waals surface area contributed by atoms with Gasteiger partial charge in [-0.2, -0.15) is 0 Å². The fourth-order valence-corrected chi connectivity index (χ4v) is 2.85. The molecule has 1 aromatic heterocycles. The van der Waals surface area contributed by atoms with E-state index in [0.29, 0.717) is 5.13 Å². The number of carbonyl (C=O) groups is 1. The second-order valence-corrected chi connectivity index (χ2v) is 7.59. The van der Waals surface area contributed by atoms with Crippen molar-refractivity contribution in [1.82, 2.24) is 4.98 Å². The van der Waals surface area contributed by atoms with Gasteiger partial charge in [-0.15, -0.1) is 11.3 Å². The Kier molecular flexibility index (Phi) is 4.19. The molecule has 0 unspecified atom stereocenters. The summed E-state index contributed by atoms with van der Waals surface area (Å²) in [5, 5.41) is 5.61. The van der Waals surface area contributed by atoms with E-state index in [2.05, 4.69) is 31.1 Å². The zero-order valence-electron chi connectivity index (χ0n) is 13.2. The number of nitrogens with one attached hydrogen (secondary N) is 1. The molecular weight excluding hydrogens is 280 g/mol. The number of nitrogens with zero attached hydrogens (tertiary/aromatic N) is 1. The van der Waals surface area contributed by atoms with Gasteiger partial charge in [-0.3, -0.25) is 4.79 Å². The summed E-state index contributed by atoms with van der Waals surface area (Å²) in [6.07, 6.45) is 0. The lowest BCUT2D eigenvalue weighted by Crippen LogP contribution is -2.34. The van der Waals surface area contributed by atoms with Crippen molar-refractivity contribution in [3.05, 3.63) is 47.0 Å². The van der Waals surface area contributed by atoms with E-state index in [1.807, 2.05) is 49.6 Å². The van der Waals surface area contributed by atoms with Gasteiger partial charge < -0.3 is 5.32 Å². The predicted octanol–water partition coefficient (Wildman–Crippen LogP) is 4.36. The summed E-state index contributed by atoms with van der Waals surface area (Å²) in [4.78, 5) is 17.1. The van der Waals surface area contributed by atoms with E-state index in [1.54, 1.807) is 0 Å². The topological polar surface area (TPSA) is 42.0 Å². The van der Waals surface area contributed by atoms with E-state index in [0.717, 1.165) is 11.3 Å². The number of thiazole rings is 1. The van der Waals surface area contributed by atoms with Crippen molar-refractivity contribution >= 4 is 22.4 Å². The molecule has 0 bridgehead atoms. The summed E-state index contributed by atoms with van der Waals surface area (Å²) in [6, 6.07) is 9.80. The molecule has 0 fully saturated rings. The first-order valence-electron chi connectivity index (χ1n) is 7.04. The van der Waals surface area contributed by atoms with Crippen molar-refractivity contribution in [1.29, 1.82) is 0 Å². The van der Waals surface area contributed by atoms with Crippen LogP contribution in [0.3, 0.4) is 0 Å². The molecule has 1 aromatic carbocycles. The number of aromatic nitrogens is 1. The van der Waals surface area contributed by atoms with Crippen LogP contribution in [0.5, 0.6) is 0 Å². The van der Waals surface area contributed by atoms with Crippen LogP contribution in [-0.2, 0) is 15.6 Å². The molecule has 0 radical (unpaired) electrons. The third-order valence-electron chi connectivity index (χ3n) is 3.56. The van der Waals surface area contributed by atoms with Crippen LogP contribution >= 0.6 is 11.3 Å². The van der Waals surface area contributed by atoms with Gasteiger partial charge in [0.25, 0.3) is 0 Å². The zero-order valence-corrected chi connectivity index (χ0v) is 14.0. The quantitative estimate of drug-likeness (QED) is 0.915. The highest BCUT2D eigenvalue weighted by Crippen LogP contribution is 2.29. The van der Waals surface area contributed by atoms with Crippen LogP contribution in [0.4, 0.5) is 5.13 Å². The van der Waals surface area contributed by atoms with Crippen molar-refractivity contribution in [2.45, 2.75) is 45.4 Å². The molecule has 2 rings (SSSR count). The van der Waals surface area contributed by atoms with Gasteiger partial charge in [0.2, 0.25) is 5.91 Å². The van der Waals surface area contributed by atoms with Gasteiger partial charge in [-0.25, -0.2) is 4.98 Å². The number of hydrogen-bond donors (Lipinski definition) is 1. The first-order valence-corrected chi connectivity index (χ1v) is 7.92. The molecule has 0 spiro atoms. The number of amides is 1. The maximum absolute atomic E-state index is 12.5. The first-order chi connectivity index (χ1) is 9.71. The Bertz CT molecular complexity index is 624. The minimum Gasteiger partial charge on any atom is -0.301 e. The van der Waals surface area contributed by atoms with Crippen LogP contribution in [0, 0.1) is 0 Å². The fraction of sp³-hybridized carbons (Fsp3) is 0.412. The molecule has 0 aliphatic rings. The third-order valence-corrected chi connectivity index (χ3v) is 4.31. The maximum atomic E-state index is 12.5. The van der Waals surface area contributed by atoms with Crippen LogP contribution in [0.15, 0.2) is 35.7 Å². The van der Waals surface area contributed by atoms with Crippen molar-refractivity contribution < 1.29 is 4.79 Å². The Hall–Kier alpha value is -1.68. The number of anilines is 1. The Balaban J connectivity index is 2.16. The van der Waals surface area contributed by atoms with E-state index >= 15 is 0 Å². The molecule has 3 nitrogen and oxygen atoms in total. The van der Waals surface area contributed by atoms with Crippen LogP contribution in [0.25, 0.3) is 0 Å². The second-order valence-electron chi connectivity index (χ2n) is 6.73. The molecule has 21 heavy (non-hydrogen) atoms. The van der Waals surface area contributed by atoms with Gasteiger partial charge in [0.1, 0.15) is 0 Å². The molecule has 2 aromatic rings. The number of benzene rings is 1. The standard InChI is InChI=1S/C17H22N2OS/c1-16(2,3)13-11-21-15(18-13)19-14(20)17(4,5)12-9-7-6-8-10-12/h6-11H,1-5H3,(H,18,19,20). The molecule has 112 valence electrons. The fourth-order valence-electron chi connectivity index (χ4n) is 1.91. The first kappa shape index (κ1) is 15.7. The van der Waals surface area contributed by atoms with Crippen LogP contribution < -0.4 is 5.32 Å². The van der Waals surface area contributed by atoms with Crippen LogP contribution in [-0.4, -0.2) is 10.9 Å². The monoisotopic (exact) mass is 302 g/mol. The molecule has 0 saturated carbocycles. The summed E-state index contributed by atoms with van der Waals surface area (Å²) >= 11 is 1.47. The Morgan fingerprint density at radius 1 is 1.10 bits per heavy atom. The highest BCUT2D eigenvalue weighted by atomic mass is 32.1. The largest absolute Gasteiger partial charge is 0.301 e. The second kappa shape index (κ2) is 5.60. The minimum atomic E-state index is -0.588. The van der Waals surface area contributed by atoms with Crippen LogP contribution in [0.1, 0.15) is 45.9 Å². The predicted molar refractivity (Wildman–Crippen MR) is 88.9 cm³/mol. The van der Waals surface area contributed by atoms with Crippen LogP contribution in [0.2, 0.25) is 0 Å². The van der Waals surface area contributed by atoms with E-state index in [4.69, 9.17) is 0 Å². The molecular formula is C17H22N2OS. The lowest BCUT2D eigenvalue weighted by Gasteiger charge is -2.23. The number of rotatable bonds is 3. The van der Waals surface area contributed by atoms with Crippen molar-refractivity contribution in [2.75, 3.05) is 5.32 Å². The van der Waals surface area contributed by atoms with Gasteiger partial charge in [0.15, 0.2) is 5.13 Å². The SMILES string of the molecule is CC(C)(C)c1csc(NC(=O)C(C)(C)c2ccccc2)n1. The minimum absolute atomic E-state index is 0.00553. The van der Waals surface area contributed by atoms with Crippen molar-refractivity contribution in [2.24, 2.45) is 0 Å². The molecule has 1 heterocycles. The number of hydrogen-bond acceptors (Lipinski definition) is 3. The summed E-state index contributed by atoms with van der Waals surface area (Å²) in [6.45, 7) is 10.2. The lowest BCUT2D eigenvalue weighted by atomic mass is 9.84. The van der Waals surface area contributed by atoms with E-state index in [-0.39, 0.29) is 11.3 Å². The van der Waals surface area contributed by atoms with Gasteiger partial charge in [-0.1, -0.05) is 51.1 Å². The molecule has 0 atom stereocenters. The zero-order chi connectivity index (χ0) is 15.7. The molecule has 0 saturated heterocycles. The molecule has 1 amide bonds. The summed E-state index contributed by atoms with van der Waals surface area (Å²) in [7, 11) is 0. The Morgan fingerprint density at radius 3 is 2.24 bits per heavy atom. The summed E-state index contributed by atoms with van der Waals surface area (Å²) in [5.74, 6) is -0.0384. The molecule has 0 aliphatic heterocycles. The maximum Gasteiger partial charge on any atom is 0.236 e. The Labute approximate surface area is 130 Å². The highest BCUT2D eigenvalue weighted by molar-refractivity contribution is 7.14. The smallest absolute Gasteiger partial charge is 0.236 e. The number of carbonyl (C=O) groups excluding carboxylic acids is 1. The van der Waals surface area contributed by atoms with Gasteiger partial charge in [0.05, 0.1) is 11.1 Å².